The number of alkyl halides is 2. The number of hydrogen-bond donors (Lipinski definition) is 0. The highest BCUT2D eigenvalue weighted by Crippen LogP contribution is 2.23. The van der Waals surface area contributed by atoms with Crippen LogP contribution in [-0.4, -0.2) is 0 Å². The molecule has 0 radical (unpaired) electrons. The van der Waals surface area contributed by atoms with Crippen LogP contribution in [0.3, 0.4) is 0 Å². The van der Waals surface area contributed by atoms with Crippen LogP contribution >= 0.6 is 0 Å². The summed E-state index contributed by atoms with van der Waals surface area (Å²) in [5.74, 6) is 0. The molecule has 0 heterocycles. The molecule has 0 amide bonds. The number of nitriles is 1. The first-order chi connectivity index (χ1) is 5.65. The second kappa shape index (κ2) is 3.31. The molecule has 0 N–H and O–H groups in total. The van der Waals surface area contributed by atoms with Crippen LogP contribution < -0.4 is 0 Å². The van der Waals surface area contributed by atoms with E-state index in [1.807, 2.05) is 6.07 Å². The van der Waals surface area contributed by atoms with Gasteiger partial charge in [0.15, 0.2) is 0 Å². The van der Waals surface area contributed by atoms with E-state index in [9.17, 15) is 8.78 Å². The van der Waals surface area contributed by atoms with Crippen LogP contribution in [0.4, 0.5) is 8.78 Å². The van der Waals surface area contributed by atoms with Gasteiger partial charge in [0, 0.05) is 5.56 Å². The van der Waals surface area contributed by atoms with Gasteiger partial charge in [0.2, 0.25) is 0 Å². The standard InChI is InChI=1S/C9H7F2N/c1-6-2-3-7(5-12)4-8(6)9(10)11/h2-4,9H,1H3. The largest absolute Gasteiger partial charge is 0.264 e. The highest BCUT2D eigenvalue weighted by Gasteiger charge is 2.10. The van der Waals surface area contributed by atoms with Crippen LogP contribution in [0.2, 0.25) is 0 Å². The van der Waals surface area contributed by atoms with E-state index >= 15 is 0 Å². The molecule has 0 atom stereocenters. The molecular weight excluding hydrogens is 160 g/mol. The molecule has 0 spiro atoms. The summed E-state index contributed by atoms with van der Waals surface area (Å²) >= 11 is 0. The van der Waals surface area contributed by atoms with Crippen molar-refractivity contribution in [3.63, 3.8) is 0 Å². The van der Waals surface area contributed by atoms with Gasteiger partial charge in [-0.25, -0.2) is 8.78 Å². The van der Waals surface area contributed by atoms with Crippen LogP contribution in [0.25, 0.3) is 0 Å². The molecule has 0 saturated heterocycles. The minimum Gasteiger partial charge on any atom is -0.205 e. The normalized spacial score (nSPS) is 9.92. The predicted octanol–water partition coefficient (Wildman–Crippen LogP) is 2.80. The van der Waals surface area contributed by atoms with E-state index in [1.54, 1.807) is 6.92 Å². The fourth-order valence-electron chi connectivity index (χ4n) is 0.945. The molecule has 12 heavy (non-hydrogen) atoms. The van der Waals surface area contributed by atoms with Crippen molar-refractivity contribution in [1.82, 2.24) is 0 Å². The molecule has 3 heteroatoms. The third-order valence-corrected chi connectivity index (χ3v) is 1.64. The molecule has 0 unspecified atom stereocenters. The Balaban J connectivity index is 3.19. The fraction of sp³-hybridized carbons (Fsp3) is 0.222. The van der Waals surface area contributed by atoms with Gasteiger partial charge in [0.05, 0.1) is 11.6 Å². The maximum atomic E-state index is 12.2. The number of nitrogens with zero attached hydrogens (tertiary/aromatic N) is 1. The first kappa shape index (κ1) is 8.66. The van der Waals surface area contributed by atoms with E-state index < -0.39 is 6.43 Å². The number of benzene rings is 1. The molecular formula is C9H7F2N. The van der Waals surface area contributed by atoms with Gasteiger partial charge in [-0.15, -0.1) is 0 Å². The topological polar surface area (TPSA) is 23.8 Å². The third kappa shape index (κ3) is 1.59. The quantitative estimate of drug-likeness (QED) is 0.630. The van der Waals surface area contributed by atoms with Crippen molar-refractivity contribution in [2.75, 3.05) is 0 Å². The predicted molar refractivity (Wildman–Crippen MR) is 40.9 cm³/mol. The Morgan fingerprint density at radius 3 is 2.58 bits per heavy atom. The molecule has 0 aliphatic heterocycles. The highest BCUT2D eigenvalue weighted by atomic mass is 19.3. The summed E-state index contributed by atoms with van der Waals surface area (Å²) in [6.07, 6.45) is -2.50. The lowest BCUT2D eigenvalue weighted by atomic mass is 10.1. The van der Waals surface area contributed by atoms with E-state index in [2.05, 4.69) is 0 Å². The van der Waals surface area contributed by atoms with Crippen molar-refractivity contribution in [3.8, 4) is 6.07 Å². The maximum Gasteiger partial charge on any atom is 0.264 e. The Morgan fingerprint density at radius 2 is 2.08 bits per heavy atom. The summed E-state index contributed by atoms with van der Waals surface area (Å²) in [7, 11) is 0. The highest BCUT2D eigenvalue weighted by molar-refractivity contribution is 5.38. The summed E-state index contributed by atoms with van der Waals surface area (Å²) < 4.78 is 24.5. The number of rotatable bonds is 1. The first-order valence-electron chi connectivity index (χ1n) is 3.44. The van der Waals surface area contributed by atoms with Crippen LogP contribution in [-0.2, 0) is 0 Å². The number of halogens is 2. The van der Waals surface area contributed by atoms with E-state index in [-0.39, 0.29) is 11.1 Å². The summed E-state index contributed by atoms with van der Waals surface area (Å²) in [5.41, 5.74) is 0.731. The van der Waals surface area contributed by atoms with Crippen LogP contribution in [0.15, 0.2) is 18.2 Å². The zero-order chi connectivity index (χ0) is 9.14. The van der Waals surface area contributed by atoms with Gasteiger partial charge in [0.25, 0.3) is 6.43 Å². The van der Waals surface area contributed by atoms with Gasteiger partial charge in [-0.2, -0.15) is 5.26 Å². The van der Waals surface area contributed by atoms with E-state index in [4.69, 9.17) is 5.26 Å². The van der Waals surface area contributed by atoms with Crippen molar-refractivity contribution in [2.24, 2.45) is 0 Å². The van der Waals surface area contributed by atoms with Gasteiger partial charge in [-0.1, -0.05) is 6.07 Å². The van der Waals surface area contributed by atoms with Crippen LogP contribution in [0, 0.1) is 18.3 Å². The van der Waals surface area contributed by atoms with Gasteiger partial charge >= 0.3 is 0 Å². The Morgan fingerprint density at radius 1 is 1.42 bits per heavy atom. The van der Waals surface area contributed by atoms with Crippen molar-refractivity contribution in [1.29, 1.82) is 5.26 Å². The lowest BCUT2D eigenvalue weighted by Crippen LogP contribution is -1.90. The maximum absolute atomic E-state index is 12.2. The zero-order valence-electron chi connectivity index (χ0n) is 6.51. The molecule has 1 aromatic carbocycles. The van der Waals surface area contributed by atoms with E-state index in [0.717, 1.165) is 0 Å². The van der Waals surface area contributed by atoms with Crippen molar-refractivity contribution in [3.05, 3.63) is 34.9 Å². The molecule has 1 aromatic rings. The lowest BCUT2D eigenvalue weighted by molar-refractivity contribution is 0.150. The molecule has 1 nitrogen and oxygen atoms in total. The summed E-state index contributed by atoms with van der Waals surface area (Å²) in [6, 6.07) is 6.10. The zero-order valence-corrected chi connectivity index (χ0v) is 6.51. The number of hydrogen-bond acceptors (Lipinski definition) is 1. The monoisotopic (exact) mass is 167 g/mol. The Bertz CT molecular complexity index is 326. The SMILES string of the molecule is Cc1ccc(C#N)cc1C(F)F. The molecule has 1 rings (SSSR count). The second-order valence-corrected chi connectivity index (χ2v) is 2.48. The lowest BCUT2D eigenvalue weighted by Gasteiger charge is -2.03. The molecule has 0 fully saturated rings. The first-order valence-corrected chi connectivity index (χ1v) is 3.44. The Kier molecular flexibility index (Phi) is 2.39. The summed E-state index contributed by atoms with van der Waals surface area (Å²) in [4.78, 5) is 0. The van der Waals surface area contributed by atoms with E-state index in [0.29, 0.717) is 5.56 Å². The third-order valence-electron chi connectivity index (χ3n) is 1.64. The smallest absolute Gasteiger partial charge is 0.205 e. The molecule has 0 aliphatic rings. The van der Waals surface area contributed by atoms with Gasteiger partial charge in [-0.3, -0.25) is 0 Å². The fourth-order valence-corrected chi connectivity index (χ4v) is 0.945. The average molecular weight is 167 g/mol. The molecule has 0 bridgehead atoms. The summed E-state index contributed by atoms with van der Waals surface area (Å²) in [6.45, 7) is 1.60. The second-order valence-electron chi connectivity index (χ2n) is 2.48. The minimum absolute atomic E-state index is 0.0611. The molecule has 0 saturated carbocycles. The van der Waals surface area contributed by atoms with E-state index in [1.165, 1.54) is 18.2 Å². The van der Waals surface area contributed by atoms with Crippen LogP contribution in [0.5, 0.6) is 0 Å². The molecule has 62 valence electrons. The average Bonchev–Trinajstić information content (AvgIpc) is 2.05. The Hall–Kier alpha value is -1.43. The molecule has 0 aliphatic carbocycles. The van der Waals surface area contributed by atoms with Gasteiger partial charge < -0.3 is 0 Å². The van der Waals surface area contributed by atoms with Crippen molar-refractivity contribution in [2.45, 2.75) is 13.3 Å². The Labute approximate surface area is 69.2 Å². The van der Waals surface area contributed by atoms with Gasteiger partial charge in [-0.05, 0) is 24.6 Å². The number of aryl methyl sites for hydroxylation is 1. The van der Waals surface area contributed by atoms with Crippen molar-refractivity contribution < 1.29 is 8.78 Å². The van der Waals surface area contributed by atoms with Crippen LogP contribution in [0.1, 0.15) is 23.1 Å². The van der Waals surface area contributed by atoms with Gasteiger partial charge in [0.1, 0.15) is 0 Å². The van der Waals surface area contributed by atoms with Crippen molar-refractivity contribution >= 4 is 0 Å². The minimum atomic E-state index is -2.50. The molecule has 0 aromatic heterocycles. The summed E-state index contributed by atoms with van der Waals surface area (Å²) in [5, 5.41) is 8.44.